The van der Waals surface area contributed by atoms with Crippen LogP contribution in [0.1, 0.15) is 11.3 Å². The van der Waals surface area contributed by atoms with Gasteiger partial charge in [-0.2, -0.15) is 4.57 Å². The lowest BCUT2D eigenvalue weighted by molar-refractivity contribution is -0.708. The number of thioether (sulfide) groups is 1. The summed E-state index contributed by atoms with van der Waals surface area (Å²) < 4.78 is 4.26. The fourth-order valence-corrected chi connectivity index (χ4v) is 3.46. The molecular formula is C22H25N3S+2. The van der Waals surface area contributed by atoms with Crippen molar-refractivity contribution in [2.45, 2.75) is 5.03 Å². The van der Waals surface area contributed by atoms with Crippen molar-refractivity contribution in [1.82, 2.24) is 0 Å². The van der Waals surface area contributed by atoms with Gasteiger partial charge < -0.3 is 5.32 Å². The average molecular weight is 364 g/mol. The van der Waals surface area contributed by atoms with Crippen LogP contribution >= 0.6 is 11.8 Å². The highest BCUT2D eigenvalue weighted by Gasteiger charge is 2.04. The molecule has 0 aliphatic carbocycles. The van der Waals surface area contributed by atoms with E-state index in [-0.39, 0.29) is 0 Å². The molecule has 132 valence electrons. The van der Waals surface area contributed by atoms with E-state index in [1.165, 1.54) is 16.3 Å². The van der Waals surface area contributed by atoms with E-state index in [9.17, 15) is 0 Å². The summed E-state index contributed by atoms with van der Waals surface area (Å²) in [6.45, 7) is 0.939. The lowest BCUT2D eigenvalue weighted by atomic mass is 10.1. The number of pyridine rings is 2. The minimum atomic E-state index is 0.939. The third kappa shape index (κ3) is 5.20. The van der Waals surface area contributed by atoms with Gasteiger partial charge in [-0.1, -0.05) is 23.9 Å². The van der Waals surface area contributed by atoms with E-state index >= 15 is 0 Å². The van der Waals surface area contributed by atoms with Gasteiger partial charge in [0.1, 0.15) is 14.1 Å². The normalized spacial score (nSPS) is 11.0. The van der Waals surface area contributed by atoms with Crippen LogP contribution in [0.3, 0.4) is 0 Å². The van der Waals surface area contributed by atoms with Crippen molar-refractivity contribution in [3.63, 3.8) is 0 Å². The molecular weight excluding hydrogens is 338 g/mol. The van der Waals surface area contributed by atoms with Gasteiger partial charge in [0.15, 0.2) is 12.4 Å². The second-order valence-electron chi connectivity index (χ2n) is 6.12. The molecule has 0 amide bonds. The molecule has 0 atom stereocenters. The van der Waals surface area contributed by atoms with E-state index in [4.69, 9.17) is 0 Å². The number of benzene rings is 1. The van der Waals surface area contributed by atoms with E-state index < -0.39 is 0 Å². The van der Waals surface area contributed by atoms with Crippen LogP contribution in [0, 0.1) is 0 Å². The molecule has 0 saturated heterocycles. The lowest BCUT2D eigenvalue weighted by Crippen LogP contribution is -2.30. The molecule has 0 fully saturated rings. The highest BCUT2D eigenvalue weighted by molar-refractivity contribution is 7.99. The maximum absolute atomic E-state index is 3.49. The molecule has 1 N–H and O–H groups in total. The number of rotatable bonds is 7. The van der Waals surface area contributed by atoms with Crippen LogP contribution in [0.25, 0.3) is 12.2 Å². The Morgan fingerprint density at radius 1 is 0.846 bits per heavy atom. The predicted molar refractivity (Wildman–Crippen MR) is 110 cm³/mol. The van der Waals surface area contributed by atoms with E-state index in [0.717, 1.165) is 18.0 Å². The smallest absolute Gasteiger partial charge is 0.239 e. The van der Waals surface area contributed by atoms with Gasteiger partial charge in [-0.05, 0) is 35.9 Å². The van der Waals surface area contributed by atoms with Gasteiger partial charge in [0.05, 0.1) is 0 Å². The molecule has 3 aromatic rings. The number of hydrogen-bond acceptors (Lipinski definition) is 2. The zero-order valence-corrected chi connectivity index (χ0v) is 16.1. The molecule has 0 unspecified atom stereocenters. The molecule has 0 bridgehead atoms. The number of nitrogens with zero attached hydrogens (tertiary/aromatic N) is 2. The van der Waals surface area contributed by atoms with Crippen LogP contribution in [0.4, 0.5) is 5.69 Å². The van der Waals surface area contributed by atoms with Crippen LogP contribution in [0.15, 0.2) is 78.1 Å². The summed E-state index contributed by atoms with van der Waals surface area (Å²) >= 11 is 1.86. The second kappa shape index (κ2) is 9.20. The summed E-state index contributed by atoms with van der Waals surface area (Å²) in [5.41, 5.74) is 3.54. The molecule has 0 radical (unpaired) electrons. The largest absolute Gasteiger partial charge is 0.384 e. The highest BCUT2D eigenvalue weighted by atomic mass is 32.2. The van der Waals surface area contributed by atoms with Crippen LogP contribution in [0.2, 0.25) is 0 Å². The zero-order chi connectivity index (χ0) is 18.2. The van der Waals surface area contributed by atoms with Crippen molar-refractivity contribution >= 4 is 29.6 Å². The summed E-state index contributed by atoms with van der Waals surface area (Å²) in [5, 5.41) is 4.77. The minimum Gasteiger partial charge on any atom is -0.384 e. The Kier molecular flexibility index (Phi) is 6.45. The SMILES string of the molecule is C[n+]1ccccc1/C=C/c1ccc(NCCSc2cccc[n+]2C)cc1. The van der Waals surface area contributed by atoms with Crippen molar-refractivity contribution in [1.29, 1.82) is 0 Å². The number of nitrogens with one attached hydrogen (secondary N) is 1. The molecule has 26 heavy (non-hydrogen) atoms. The predicted octanol–water partition coefficient (Wildman–Crippen LogP) is 3.71. The number of anilines is 1. The Morgan fingerprint density at radius 2 is 1.58 bits per heavy atom. The van der Waals surface area contributed by atoms with Crippen molar-refractivity contribution in [3.05, 3.63) is 84.3 Å². The molecule has 0 saturated carbocycles. The first kappa shape index (κ1) is 18.2. The van der Waals surface area contributed by atoms with Gasteiger partial charge in [0.2, 0.25) is 10.7 Å². The van der Waals surface area contributed by atoms with Crippen molar-refractivity contribution in [2.24, 2.45) is 14.1 Å². The molecule has 0 aliphatic rings. The minimum absolute atomic E-state index is 0.939. The average Bonchev–Trinajstić information content (AvgIpc) is 2.67. The molecule has 3 rings (SSSR count). The first-order valence-corrected chi connectivity index (χ1v) is 9.75. The van der Waals surface area contributed by atoms with Gasteiger partial charge in [0, 0.05) is 48.3 Å². The summed E-state index contributed by atoms with van der Waals surface area (Å²) in [7, 11) is 4.14. The Hall–Kier alpha value is -2.59. The first-order valence-electron chi connectivity index (χ1n) is 8.76. The standard InChI is InChI=1S/C22H24N3S/c1-24-16-5-3-7-21(24)14-11-19-9-12-20(13-10-19)23-15-18-26-22-8-4-6-17-25(22)2/h3-14,16-17H,15,18H2,1-2H3/q+1/p+1. The first-order chi connectivity index (χ1) is 12.7. The van der Waals surface area contributed by atoms with E-state index in [1.54, 1.807) is 0 Å². The summed E-state index contributed by atoms with van der Waals surface area (Å²) in [6.07, 6.45) is 8.42. The summed E-state index contributed by atoms with van der Waals surface area (Å²) in [6, 6.07) is 21.0. The lowest BCUT2D eigenvalue weighted by Gasteiger charge is -2.06. The molecule has 0 aliphatic heterocycles. The van der Waals surface area contributed by atoms with Crippen molar-refractivity contribution in [3.8, 4) is 0 Å². The maximum atomic E-state index is 3.49. The van der Waals surface area contributed by atoms with Gasteiger partial charge in [-0.3, -0.25) is 0 Å². The molecule has 2 aromatic heterocycles. The van der Waals surface area contributed by atoms with Crippen LogP contribution in [-0.4, -0.2) is 12.3 Å². The quantitative estimate of drug-likeness (QED) is 0.392. The fourth-order valence-electron chi connectivity index (χ4n) is 2.61. The molecule has 2 heterocycles. The van der Waals surface area contributed by atoms with Crippen LogP contribution < -0.4 is 14.5 Å². The number of hydrogen-bond donors (Lipinski definition) is 1. The maximum Gasteiger partial charge on any atom is 0.239 e. The van der Waals surface area contributed by atoms with Gasteiger partial charge in [-0.25, -0.2) is 4.57 Å². The Labute approximate surface area is 160 Å². The highest BCUT2D eigenvalue weighted by Crippen LogP contribution is 2.14. The third-order valence-corrected chi connectivity index (χ3v) is 5.27. The number of aryl methyl sites for hydroxylation is 2. The fraction of sp³-hybridized carbons (Fsp3) is 0.182. The molecule has 0 spiro atoms. The van der Waals surface area contributed by atoms with Gasteiger partial charge in [-0.15, -0.1) is 0 Å². The van der Waals surface area contributed by atoms with Crippen molar-refractivity contribution < 1.29 is 9.13 Å². The Morgan fingerprint density at radius 3 is 2.31 bits per heavy atom. The Bertz CT molecular complexity index is 873. The zero-order valence-electron chi connectivity index (χ0n) is 15.3. The Balaban J connectivity index is 1.49. The second-order valence-corrected chi connectivity index (χ2v) is 7.23. The topological polar surface area (TPSA) is 19.8 Å². The van der Waals surface area contributed by atoms with Gasteiger partial charge in [0.25, 0.3) is 0 Å². The van der Waals surface area contributed by atoms with E-state index in [2.05, 4.69) is 108 Å². The monoisotopic (exact) mass is 363 g/mol. The van der Waals surface area contributed by atoms with E-state index in [0.29, 0.717) is 0 Å². The van der Waals surface area contributed by atoms with Gasteiger partial charge >= 0.3 is 0 Å². The summed E-state index contributed by atoms with van der Waals surface area (Å²) in [5.74, 6) is 1.03. The van der Waals surface area contributed by atoms with Crippen LogP contribution in [0.5, 0.6) is 0 Å². The molecule has 4 heteroatoms. The number of aromatic nitrogens is 2. The van der Waals surface area contributed by atoms with Crippen LogP contribution in [-0.2, 0) is 14.1 Å². The molecule has 1 aromatic carbocycles. The third-order valence-electron chi connectivity index (χ3n) is 4.14. The molecule has 3 nitrogen and oxygen atoms in total. The summed E-state index contributed by atoms with van der Waals surface area (Å²) in [4.78, 5) is 0. The van der Waals surface area contributed by atoms with E-state index in [1.807, 2.05) is 17.8 Å². The van der Waals surface area contributed by atoms with Crippen molar-refractivity contribution in [2.75, 3.05) is 17.6 Å².